The van der Waals surface area contributed by atoms with Crippen LogP contribution in [0, 0.1) is 11.6 Å². The summed E-state index contributed by atoms with van der Waals surface area (Å²) >= 11 is 0. The van der Waals surface area contributed by atoms with Crippen molar-refractivity contribution >= 4 is 45.5 Å². The maximum atomic E-state index is 15.1. The third-order valence-electron chi connectivity index (χ3n) is 6.94. The van der Waals surface area contributed by atoms with E-state index in [1.54, 1.807) is 68.1 Å². The lowest BCUT2D eigenvalue weighted by Gasteiger charge is -2.18. The number of rotatable bonds is 12. The Morgan fingerprint density at radius 3 is 2.04 bits per heavy atom. The van der Waals surface area contributed by atoms with Crippen LogP contribution in [0.1, 0.15) is 12.5 Å². The van der Waals surface area contributed by atoms with Crippen molar-refractivity contribution < 1.29 is 23.0 Å². The molecule has 0 bridgehead atoms. The van der Waals surface area contributed by atoms with E-state index in [0.29, 0.717) is 28.0 Å². The molecule has 4 aromatic heterocycles. The van der Waals surface area contributed by atoms with Gasteiger partial charge >= 0.3 is 0 Å². The summed E-state index contributed by atoms with van der Waals surface area (Å²) in [6, 6.07) is 16.5. The van der Waals surface area contributed by atoms with Gasteiger partial charge in [0.1, 0.15) is 35.4 Å². The van der Waals surface area contributed by atoms with Crippen LogP contribution < -0.4 is 20.7 Å². The average molecular weight is 638 g/mol. The molecule has 2 aromatic carbocycles. The molecular formula is C33H29F2N9O3. The minimum Gasteiger partial charge on any atom is -0.494 e. The first-order valence-corrected chi connectivity index (χ1v) is 14.5. The summed E-state index contributed by atoms with van der Waals surface area (Å²) in [7, 11) is 1.41. The van der Waals surface area contributed by atoms with Crippen LogP contribution in [0.15, 0.2) is 85.5 Å². The van der Waals surface area contributed by atoms with Crippen LogP contribution in [0.5, 0.6) is 5.75 Å². The summed E-state index contributed by atoms with van der Waals surface area (Å²) in [6.45, 7) is 1.59. The summed E-state index contributed by atoms with van der Waals surface area (Å²) in [5.74, 6) is -1.19. The van der Waals surface area contributed by atoms with Crippen LogP contribution >= 0.6 is 0 Å². The van der Waals surface area contributed by atoms with Gasteiger partial charge in [0.2, 0.25) is 0 Å². The molecule has 0 aliphatic heterocycles. The highest BCUT2D eigenvalue weighted by Gasteiger charge is 2.23. The zero-order chi connectivity index (χ0) is 32.8. The van der Waals surface area contributed by atoms with Gasteiger partial charge in [-0.25, -0.2) is 18.7 Å². The molecule has 3 N–H and O–H groups in total. The molecule has 0 unspecified atom stereocenters. The maximum absolute atomic E-state index is 15.1. The monoisotopic (exact) mass is 637 g/mol. The van der Waals surface area contributed by atoms with Crippen molar-refractivity contribution in [3.05, 3.63) is 103 Å². The van der Waals surface area contributed by atoms with Gasteiger partial charge in [0.05, 0.1) is 18.7 Å². The Kier molecular flexibility index (Phi) is 9.20. The van der Waals surface area contributed by atoms with Crippen molar-refractivity contribution in [1.82, 2.24) is 29.7 Å². The van der Waals surface area contributed by atoms with E-state index in [2.05, 4.69) is 25.9 Å². The topological polar surface area (TPSA) is 141 Å². The smallest absolute Gasteiger partial charge is 0.250 e. The number of methoxy groups -OCH3 is 1. The molecule has 47 heavy (non-hydrogen) atoms. The fraction of sp³-hybridized carbons (Fsp3) is 0.152. The molecule has 0 spiro atoms. The Hall–Kier alpha value is -6.02. The molecule has 12 nitrogen and oxygen atoms in total. The second-order valence-electron chi connectivity index (χ2n) is 10.1. The first-order valence-electron chi connectivity index (χ1n) is 14.5. The third kappa shape index (κ3) is 6.97. The van der Waals surface area contributed by atoms with Crippen molar-refractivity contribution in [3.63, 3.8) is 0 Å². The minimum atomic E-state index is -0.755. The van der Waals surface area contributed by atoms with Gasteiger partial charge in [-0.3, -0.25) is 19.4 Å². The number of ether oxygens (including phenoxy) is 2. The fourth-order valence-corrected chi connectivity index (χ4v) is 4.86. The fourth-order valence-electron chi connectivity index (χ4n) is 4.86. The number of amides is 1. The maximum Gasteiger partial charge on any atom is 0.250 e. The van der Waals surface area contributed by atoms with Gasteiger partial charge in [0, 0.05) is 66.4 Å². The Morgan fingerprint density at radius 2 is 1.47 bits per heavy atom. The molecule has 0 saturated heterocycles. The number of nitrogens with zero attached hydrogens (tertiary/aromatic N) is 6. The van der Waals surface area contributed by atoms with Crippen LogP contribution in [0.2, 0.25) is 0 Å². The third-order valence-corrected chi connectivity index (χ3v) is 6.94. The molecule has 1 amide bonds. The van der Waals surface area contributed by atoms with E-state index >= 15 is 8.78 Å². The molecule has 0 aliphatic carbocycles. The number of fused-ring (bicyclic) bond motifs is 1. The number of pyridine rings is 2. The number of carbonyl (C=O) groups excluding carboxylic acids is 1. The standard InChI is InChI=1S/C33H29F2N9O3/c1-3-47-22-16-25(34)24(26(35)17-22)18-44-27-7-5-4-6-23(27)29(43-44)31-41-32(38-20-8-12-36-13-9-20)30(40-28(45)19-46-2)33(42-31)39-21-10-14-37-15-11-21/h4-17H,3,18-19H2,1-2H3,(H,40,45)(H2,36,37,38,39,41,42). The number of halogens is 2. The van der Waals surface area contributed by atoms with Crippen LogP contribution in [0.25, 0.3) is 22.4 Å². The Balaban J connectivity index is 1.51. The molecule has 0 saturated carbocycles. The van der Waals surface area contributed by atoms with Crippen LogP contribution in [-0.2, 0) is 16.1 Å². The van der Waals surface area contributed by atoms with Crippen LogP contribution in [-0.4, -0.2) is 55.9 Å². The molecule has 0 fully saturated rings. The molecule has 6 rings (SSSR count). The number of anilines is 5. The van der Waals surface area contributed by atoms with E-state index in [1.807, 2.05) is 12.1 Å². The lowest BCUT2D eigenvalue weighted by molar-refractivity contribution is -0.119. The van der Waals surface area contributed by atoms with Gasteiger partial charge in [0.15, 0.2) is 17.5 Å². The van der Waals surface area contributed by atoms with Gasteiger partial charge in [-0.1, -0.05) is 18.2 Å². The van der Waals surface area contributed by atoms with Crippen molar-refractivity contribution in [2.75, 3.05) is 36.3 Å². The molecule has 238 valence electrons. The summed E-state index contributed by atoms with van der Waals surface area (Å²) in [5, 5.41) is 14.7. The highest BCUT2D eigenvalue weighted by molar-refractivity contribution is 6.00. The molecule has 0 aliphatic rings. The SMILES string of the molecule is CCOc1cc(F)c(Cn2nc(-c3nc(Nc4ccncc4)c(NC(=O)COC)c(Nc4ccncc4)n3)c3ccccc32)c(F)c1. The highest BCUT2D eigenvalue weighted by atomic mass is 19.1. The summed E-state index contributed by atoms with van der Waals surface area (Å²) in [4.78, 5) is 30.5. The van der Waals surface area contributed by atoms with Crippen LogP contribution in [0.3, 0.4) is 0 Å². The number of hydrogen-bond acceptors (Lipinski definition) is 10. The lowest BCUT2D eigenvalue weighted by atomic mass is 10.1. The summed E-state index contributed by atoms with van der Waals surface area (Å²) in [6.07, 6.45) is 6.44. The van der Waals surface area contributed by atoms with Gasteiger partial charge in [-0.15, -0.1) is 0 Å². The predicted octanol–water partition coefficient (Wildman–Crippen LogP) is 6.08. The Bertz CT molecular complexity index is 1940. The molecule has 6 aromatic rings. The molecule has 0 atom stereocenters. The Labute approximate surface area is 267 Å². The Morgan fingerprint density at radius 1 is 0.872 bits per heavy atom. The van der Waals surface area contributed by atoms with Crippen molar-refractivity contribution in [1.29, 1.82) is 0 Å². The van der Waals surface area contributed by atoms with Crippen LogP contribution in [0.4, 0.5) is 37.5 Å². The van der Waals surface area contributed by atoms with Gasteiger partial charge < -0.3 is 25.4 Å². The quantitative estimate of drug-likeness (QED) is 0.145. The van der Waals surface area contributed by atoms with Crippen molar-refractivity contribution in [3.8, 4) is 17.3 Å². The molecular weight excluding hydrogens is 608 g/mol. The van der Waals surface area contributed by atoms with E-state index in [-0.39, 0.29) is 54.2 Å². The second kappa shape index (κ2) is 14.0. The number of para-hydroxylation sites is 1. The molecule has 14 heteroatoms. The predicted molar refractivity (Wildman–Crippen MR) is 173 cm³/mol. The minimum absolute atomic E-state index is 0.104. The number of carbonyl (C=O) groups is 1. The first-order chi connectivity index (χ1) is 22.9. The second-order valence-corrected chi connectivity index (χ2v) is 10.1. The van der Waals surface area contributed by atoms with E-state index in [0.717, 1.165) is 12.1 Å². The lowest BCUT2D eigenvalue weighted by Crippen LogP contribution is -2.20. The summed E-state index contributed by atoms with van der Waals surface area (Å²) in [5.41, 5.74) is 2.29. The van der Waals surface area contributed by atoms with Crippen molar-refractivity contribution in [2.24, 2.45) is 0 Å². The van der Waals surface area contributed by atoms with Gasteiger partial charge in [-0.05, 0) is 37.3 Å². The summed E-state index contributed by atoms with van der Waals surface area (Å²) < 4.78 is 42.1. The van der Waals surface area contributed by atoms with E-state index in [4.69, 9.17) is 24.5 Å². The van der Waals surface area contributed by atoms with E-state index in [1.165, 1.54) is 11.8 Å². The number of nitrogens with one attached hydrogen (secondary N) is 3. The first kappa shape index (κ1) is 31.0. The average Bonchev–Trinajstić information content (AvgIpc) is 3.44. The van der Waals surface area contributed by atoms with Crippen molar-refractivity contribution in [2.45, 2.75) is 13.5 Å². The number of aromatic nitrogens is 6. The normalized spacial score (nSPS) is 11.0. The zero-order valence-electron chi connectivity index (χ0n) is 25.4. The highest BCUT2D eigenvalue weighted by Crippen LogP contribution is 2.36. The number of benzene rings is 2. The number of hydrogen-bond donors (Lipinski definition) is 3. The van der Waals surface area contributed by atoms with Gasteiger partial charge in [-0.2, -0.15) is 5.10 Å². The molecule has 0 radical (unpaired) electrons. The van der Waals surface area contributed by atoms with E-state index in [9.17, 15) is 4.79 Å². The largest absolute Gasteiger partial charge is 0.494 e. The molecule has 4 heterocycles. The van der Waals surface area contributed by atoms with Gasteiger partial charge in [0.25, 0.3) is 5.91 Å². The zero-order valence-corrected chi connectivity index (χ0v) is 25.4. The van der Waals surface area contributed by atoms with E-state index < -0.39 is 17.5 Å².